The van der Waals surface area contributed by atoms with Crippen LogP contribution in [-0.2, 0) is 9.47 Å². The molecule has 2 N–H and O–H groups in total. The number of hydrogen-bond acceptors (Lipinski definition) is 5. The number of carbonyl (C=O) groups is 3. The maximum atomic E-state index is 12.0. The second-order valence-corrected chi connectivity index (χ2v) is 6.33. The number of nitrogens with zero attached hydrogens (tertiary/aromatic N) is 2. The number of nitrogens with one attached hydrogen (secondary N) is 2. The van der Waals surface area contributed by atoms with Gasteiger partial charge >= 0.3 is 18.2 Å². The Bertz CT molecular complexity index is 442. The summed E-state index contributed by atoms with van der Waals surface area (Å²) in [5, 5.41) is 5.29. The van der Waals surface area contributed by atoms with E-state index in [2.05, 4.69) is 10.6 Å². The molecular weight excluding hydrogens is 316 g/mol. The van der Waals surface area contributed by atoms with Crippen molar-refractivity contribution in [3.63, 3.8) is 0 Å². The van der Waals surface area contributed by atoms with Crippen LogP contribution in [0.4, 0.5) is 14.4 Å². The van der Waals surface area contributed by atoms with Crippen LogP contribution in [-0.4, -0.2) is 79.5 Å². The van der Waals surface area contributed by atoms with Gasteiger partial charge in [0.1, 0.15) is 5.60 Å². The Morgan fingerprint density at radius 3 is 2.04 bits per heavy atom. The summed E-state index contributed by atoms with van der Waals surface area (Å²) in [5.74, 6) is 0. The van der Waals surface area contributed by atoms with Crippen molar-refractivity contribution in [1.82, 2.24) is 20.4 Å². The van der Waals surface area contributed by atoms with E-state index >= 15 is 0 Å². The number of alkyl carbamates (subject to hydrolysis) is 1. The highest BCUT2D eigenvalue weighted by atomic mass is 16.6. The molecule has 1 rings (SSSR count). The van der Waals surface area contributed by atoms with Gasteiger partial charge in [0.2, 0.25) is 0 Å². The highest BCUT2D eigenvalue weighted by molar-refractivity contribution is 5.75. The van der Waals surface area contributed by atoms with E-state index in [1.54, 1.807) is 37.5 Å². The molecule has 4 amide bonds. The van der Waals surface area contributed by atoms with Gasteiger partial charge in [-0.3, -0.25) is 0 Å². The molecular formula is C15H28N4O5. The Morgan fingerprint density at radius 1 is 0.958 bits per heavy atom. The van der Waals surface area contributed by atoms with Crippen molar-refractivity contribution in [3.8, 4) is 0 Å². The fourth-order valence-corrected chi connectivity index (χ4v) is 2.07. The zero-order valence-electron chi connectivity index (χ0n) is 14.9. The lowest BCUT2D eigenvalue weighted by atomic mass is 10.2. The number of carbonyl (C=O) groups excluding carboxylic acids is 3. The average molecular weight is 344 g/mol. The Morgan fingerprint density at radius 2 is 1.50 bits per heavy atom. The molecule has 1 fully saturated rings. The van der Waals surface area contributed by atoms with Gasteiger partial charge in [-0.15, -0.1) is 0 Å². The Labute approximate surface area is 142 Å². The minimum atomic E-state index is -0.550. The summed E-state index contributed by atoms with van der Waals surface area (Å²) in [7, 11) is 0. The molecule has 0 spiro atoms. The van der Waals surface area contributed by atoms with E-state index in [4.69, 9.17) is 9.47 Å². The first-order chi connectivity index (χ1) is 11.2. The summed E-state index contributed by atoms with van der Waals surface area (Å²) in [6.07, 6.45) is -0.862. The normalized spacial score (nSPS) is 14.8. The third-order valence-electron chi connectivity index (χ3n) is 3.16. The summed E-state index contributed by atoms with van der Waals surface area (Å²) in [6.45, 7) is 9.81. The van der Waals surface area contributed by atoms with Gasteiger partial charge in [-0.05, 0) is 27.7 Å². The van der Waals surface area contributed by atoms with Crippen molar-refractivity contribution >= 4 is 18.2 Å². The fourth-order valence-electron chi connectivity index (χ4n) is 2.07. The van der Waals surface area contributed by atoms with E-state index < -0.39 is 11.7 Å². The molecule has 1 aliphatic heterocycles. The Hall–Kier alpha value is -2.19. The van der Waals surface area contributed by atoms with Crippen LogP contribution in [0.25, 0.3) is 0 Å². The molecule has 1 saturated heterocycles. The largest absolute Gasteiger partial charge is 0.450 e. The van der Waals surface area contributed by atoms with Crippen molar-refractivity contribution in [2.24, 2.45) is 0 Å². The third-order valence-corrected chi connectivity index (χ3v) is 3.16. The average Bonchev–Trinajstić information content (AvgIpc) is 2.50. The summed E-state index contributed by atoms with van der Waals surface area (Å²) in [4.78, 5) is 38.3. The zero-order chi connectivity index (χ0) is 18.2. The second kappa shape index (κ2) is 9.19. The van der Waals surface area contributed by atoms with E-state index in [1.165, 1.54) is 0 Å². The van der Waals surface area contributed by atoms with E-state index in [1.807, 2.05) is 0 Å². The summed E-state index contributed by atoms with van der Waals surface area (Å²) < 4.78 is 10.0. The molecule has 1 heterocycles. The number of hydrogen-bond donors (Lipinski definition) is 2. The smallest absolute Gasteiger partial charge is 0.409 e. The highest BCUT2D eigenvalue weighted by Crippen LogP contribution is 2.06. The molecule has 0 aromatic rings. The summed E-state index contributed by atoms with van der Waals surface area (Å²) in [5.41, 5.74) is -0.550. The van der Waals surface area contributed by atoms with Gasteiger partial charge in [0.05, 0.1) is 6.61 Å². The monoisotopic (exact) mass is 344 g/mol. The topological polar surface area (TPSA) is 100 Å². The Kier molecular flexibility index (Phi) is 7.60. The number of piperazine rings is 1. The van der Waals surface area contributed by atoms with Crippen LogP contribution < -0.4 is 10.6 Å². The molecule has 0 radical (unpaired) electrons. The van der Waals surface area contributed by atoms with Gasteiger partial charge in [-0.25, -0.2) is 14.4 Å². The molecule has 0 aromatic carbocycles. The molecule has 0 saturated carbocycles. The standard InChI is InChI=1S/C15H28N4O5/c1-5-23-14(22)19-10-8-18(9-11-19)12(20)16-6-7-17-13(21)24-15(2,3)4/h5-11H2,1-4H3,(H,16,20)(H,17,21). The van der Waals surface area contributed by atoms with Gasteiger partial charge in [-0.2, -0.15) is 0 Å². The molecule has 0 bridgehead atoms. The number of urea groups is 1. The van der Waals surface area contributed by atoms with Gasteiger partial charge in [0.25, 0.3) is 0 Å². The fraction of sp³-hybridized carbons (Fsp3) is 0.800. The van der Waals surface area contributed by atoms with Crippen LogP contribution in [0.3, 0.4) is 0 Å². The van der Waals surface area contributed by atoms with E-state index in [0.29, 0.717) is 39.3 Å². The molecule has 9 nitrogen and oxygen atoms in total. The molecule has 0 unspecified atom stereocenters. The molecule has 24 heavy (non-hydrogen) atoms. The lowest BCUT2D eigenvalue weighted by molar-refractivity contribution is 0.0528. The van der Waals surface area contributed by atoms with Gasteiger partial charge < -0.3 is 29.9 Å². The number of amides is 4. The van der Waals surface area contributed by atoms with Crippen molar-refractivity contribution in [1.29, 1.82) is 0 Å². The van der Waals surface area contributed by atoms with E-state index in [0.717, 1.165) is 0 Å². The molecule has 9 heteroatoms. The van der Waals surface area contributed by atoms with Crippen molar-refractivity contribution < 1.29 is 23.9 Å². The first-order valence-electron chi connectivity index (χ1n) is 8.14. The summed E-state index contributed by atoms with van der Waals surface area (Å²) in [6, 6.07) is -0.218. The lowest BCUT2D eigenvalue weighted by Crippen LogP contribution is -2.53. The van der Waals surface area contributed by atoms with E-state index in [9.17, 15) is 14.4 Å². The second-order valence-electron chi connectivity index (χ2n) is 6.33. The predicted octanol–water partition coefficient (Wildman–Crippen LogP) is 0.995. The molecule has 138 valence electrons. The SMILES string of the molecule is CCOC(=O)N1CCN(C(=O)NCCNC(=O)OC(C)(C)C)CC1. The quantitative estimate of drug-likeness (QED) is 0.741. The summed E-state index contributed by atoms with van der Waals surface area (Å²) >= 11 is 0. The predicted molar refractivity (Wildman–Crippen MR) is 87.8 cm³/mol. The third kappa shape index (κ3) is 7.38. The van der Waals surface area contributed by atoms with Gasteiger partial charge in [-0.1, -0.05) is 0 Å². The van der Waals surface area contributed by atoms with Crippen LogP contribution in [0, 0.1) is 0 Å². The van der Waals surface area contributed by atoms with E-state index in [-0.39, 0.29) is 18.7 Å². The molecule has 0 atom stereocenters. The van der Waals surface area contributed by atoms with Gasteiger partial charge in [0, 0.05) is 39.3 Å². The number of rotatable bonds is 4. The van der Waals surface area contributed by atoms with Crippen LogP contribution >= 0.6 is 0 Å². The minimum Gasteiger partial charge on any atom is -0.450 e. The van der Waals surface area contributed by atoms with Crippen molar-refractivity contribution in [2.45, 2.75) is 33.3 Å². The minimum absolute atomic E-state index is 0.218. The zero-order valence-corrected chi connectivity index (χ0v) is 14.9. The van der Waals surface area contributed by atoms with Crippen LogP contribution in [0.5, 0.6) is 0 Å². The van der Waals surface area contributed by atoms with Crippen LogP contribution in [0.1, 0.15) is 27.7 Å². The highest BCUT2D eigenvalue weighted by Gasteiger charge is 2.24. The maximum Gasteiger partial charge on any atom is 0.409 e. The van der Waals surface area contributed by atoms with Crippen LogP contribution in [0.2, 0.25) is 0 Å². The molecule has 0 aromatic heterocycles. The molecule has 1 aliphatic rings. The maximum absolute atomic E-state index is 12.0. The lowest BCUT2D eigenvalue weighted by Gasteiger charge is -2.34. The van der Waals surface area contributed by atoms with Gasteiger partial charge in [0.15, 0.2) is 0 Å². The first-order valence-corrected chi connectivity index (χ1v) is 8.14. The van der Waals surface area contributed by atoms with Crippen molar-refractivity contribution in [3.05, 3.63) is 0 Å². The van der Waals surface area contributed by atoms with Crippen molar-refractivity contribution in [2.75, 3.05) is 45.9 Å². The Balaban J connectivity index is 2.19. The number of ether oxygens (including phenoxy) is 2. The molecule has 0 aliphatic carbocycles. The van der Waals surface area contributed by atoms with Crippen LogP contribution in [0.15, 0.2) is 0 Å². The first kappa shape index (κ1) is 19.9.